The van der Waals surface area contributed by atoms with Gasteiger partial charge in [-0.15, -0.1) is 11.3 Å². The molecule has 98 valence electrons. The molecule has 0 radical (unpaired) electrons. The first-order chi connectivity index (χ1) is 9.01. The van der Waals surface area contributed by atoms with Crippen molar-refractivity contribution in [3.63, 3.8) is 0 Å². The van der Waals surface area contributed by atoms with Gasteiger partial charge in [-0.1, -0.05) is 0 Å². The summed E-state index contributed by atoms with van der Waals surface area (Å²) in [5.74, 6) is -0.412. The van der Waals surface area contributed by atoms with Crippen LogP contribution in [0.3, 0.4) is 0 Å². The van der Waals surface area contributed by atoms with Gasteiger partial charge in [0.2, 0.25) is 0 Å². The summed E-state index contributed by atoms with van der Waals surface area (Å²) in [6.07, 6.45) is 0. The van der Waals surface area contributed by atoms with E-state index in [2.05, 4.69) is 10.3 Å². The van der Waals surface area contributed by atoms with E-state index in [1.165, 1.54) is 6.07 Å². The third-order valence-electron chi connectivity index (χ3n) is 2.80. The van der Waals surface area contributed by atoms with E-state index < -0.39 is 5.82 Å². The Kier molecular flexibility index (Phi) is 3.82. The lowest BCUT2D eigenvalue weighted by molar-refractivity contribution is 0.627. The number of benzene rings is 1. The molecule has 0 saturated heterocycles. The van der Waals surface area contributed by atoms with Crippen molar-refractivity contribution in [3.05, 3.63) is 45.2 Å². The summed E-state index contributed by atoms with van der Waals surface area (Å²) in [5.41, 5.74) is 1.69. The van der Waals surface area contributed by atoms with Crippen molar-refractivity contribution in [1.82, 2.24) is 4.98 Å². The minimum Gasteiger partial charge on any atom is -0.375 e. The van der Waals surface area contributed by atoms with Crippen molar-refractivity contribution in [2.24, 2.45) is 0 Å². The van der Waals surface area contributed by atoms with Gasteiger partial charge in [0.1, 0.15) is 5.82 Å². The Morgan fingerprint density at radius 3 is 2.68 bits per heavy atom. The van der Waals surface area contributed by atoms with E-state index in [0.717, 1.165) is 15.6 Å². The van der Waals surface area contributed by atoms with E-state index in [0.29, 0.717) is 11.3 Å². The number of rotatable bonds is 3. The number of nitrogens with one attached hydrogen (secondary N) is 1. The highest BCUT2D eigenvalue weighted by Crippen LogP contribution is 2.28. The monoisotopic (exact) mass is 275 g/mol. The number of anilines is 1. The molecule has 3 nitrogen and oxygen atoms in total. The maximum absolute atomic E-state index is 13.8. The topological polar surface area (TPSA) is 48.7 Å². The zero-order valence-corrected chi connectivity index (χ0v) is 11.8. The largest absolute Gasteiger partial charge is 0.375 e. The first-order valence-electron chi connectivity index (χ1n) is 5.91. The van der Waals surface area contributed by atoms with E-state index in [4.69, 9.17) is 5.26 Å². The van der Waals surface area contributed by atoms with Gasteiger partial charge in [0.05, 0.1) is 34.1 Å². The van der Waals surface area contributed by atoms with Gasteiger partial charge in [-0.25, -0.2) is 9.37 Å². The van der Waals surface area contributed by atoms with Crippen LogP contribution >= 0.6 is 11.3 Å². The highest BCUT2D eigenvalue weighted by molar-refractivity contribution is 7.11. The molecular formula is C14H14FN3S. The van der Waals surface area contributed by atoms with Crippen LogP contribution in [0.1, 0.15) is 34.1 Å². The lowest BCUT2D eigenvalue weighted by atomic mass is 10.2. The fraction of sp³-hybridized carbons (Fsp3) is 0.286. The molecule has 1 unspecified atom stereocenters. The Balaban J connectivity index is 2.22. The second kappa shape index (κ2) is 5.37. The summed E-state index contributed by atoms with van der Waals surface area (Å²) in [6, 6.07) is 6.32. The van der Waals surface area contributed by atoms with Crippen molar-refractivity contribution < 1.29 is 4.39 Å². The van der Waals surface area contributed by atoms with E-state index in [1.54, 1.807) is 23.5 Å². The van der Waals surface area contributed by atoms with Crippen LogP contribution < -0.4 is 5.32 Å². The summed E-state index contributed by atoms with van der Waals surface area (Å²) in [4.78, 5) is 5.46. The zero-order chi connectivity index (χ0) is 14.0. The fourth-order valence-corrected chi connectivity index (χ4v) is 2.88. The van der Waals surface area contributed by atoms with Crippen LogP contribution in [-0.4, -0.2) is 4.98 Å². The molecule has 1 atom stereocenters. The summed E-state index contributed by atoms with van der Waals surface area (Å²) in [5, 5.41) is 12.8. The van der Waals surface area contributed by atoms with Crippen LogP contribution in [0.5, 0.6) is 0 Å². The summed E-state index contributed by atoms with van der Waals surface area (Å²) in [6.45, 7) is 5.87. The van der Waals surface area contributed by atoms with Gasteiger partial charge < -0.3 is 5.32 Å². The molecule has 1 heterocycles. The van der Waals surface area contributed by atoms with Crippen molar-refractivity contribution in [2.75, 3.05) is 5.32 Å². The Labute approximate surface area is 115 Å². The normalized spacial score (nSPS) is 11.9. The summed E-state index contributed by atoms with van der Waals surface area (Å²) < 4.78 is 13.8. The average molecular weight is 275 g/mol. The highest BCUT2D eigenvalue weighted by atomic mass is 32.1. The number of aryl methyl sites for hydroxylation is 2. The molecule has 0 spiro atoms. The molecule has 1 N–H and O–H groups in total. The smallest absolute Gasteiger partial charge is 0.147 e. The van der Waals surface area contributed by atoms with Crippen LogP contribution in [0.2, 0.25) is 0 Å². The van der Waals surface area contributed by atoms with E-state index >= 15 is 0 Å². The zero-order valence-electron chi connectivity index (χ0n) is 11.0. The van der Waals surface area contributed by atoms with E-state index in [1.807, 2.05) is 26.8 Å². The lowest BCUT2D eigenvalue weighted by Crippen LogP contribution is -2.07. The van der Waals surface area contributed by atoms with Crippen LogP contribution in [0.4, 0.5) is 10.1 Å². The van der Waals surface area contributed by atoms with Gasteiger partial charge in [0.25, 0.3) is 0 Å². The number of aromatic nitrogens is 1. The molecular weight excluding hydrogens is 261 g/mol. The molecule has 0 aliphatic heterocycles. The molecule has 0 saturated carbocycles. The second-order valence-electron chi connectivity index (χ2n) is 4.35. The number of nitriles is 1. The number of hydrogen-bond acceptors (Lipinski definition) is 4. The molecule has 2 aromatic rings. The maximum Gasteiger partial charge on any atom is 0.147 e. The second-order valence-corrected chi connectivity index (χ2v) is 5.59. The number of halogens is 1. The van der Waals surface area contributed by atoms with Crippen molar-refractivity contribution in [2.45, 2.75) is 26.8 Å². The molecule has 0 aliphatic carbocycles. The Bertz CT molecular complexity index is 643. The van der Waals surface area contributed by atoms with Crippen LogP contribution in [0.15, 0.2) is 18.2 Å². The van der Waals surface area contributed by atoms with E-state index in [-0.39, 0.29) is 6.04 Å². The highest BCUT2D eigenvalue weighted by Gasteiger charge is 2.14. The number of hydrogen-bond donors (Lipinski definition) is 1. The Morgan fingerprint density at radius 2 is 2.16 bits per heavy atom. The Morgan fingerprint density at radius 1 is 1.42 bits per heavy atom. The molecule has 0 fully saturated rings. The predicted octanol–water partition coefficient (Wildman–Crippen LogP) is 3.94. The summed E-state index contributed by atoms with van der Waals surface area (Å²) >= 11 is 1.61. The maximum atomic E-state index is 13.8. The summed E-state index contributed by atoms with van der Waals surface area (Å²) in [7, 11) is 0. The lowest BCUT2D eigenvalue weighted by Gasteiger charge is -2.15. The van der Waals surface area contributed by atoms with Gasteiger partial charge in [-0.3, -0.25) is 0 Å². The molecule has 0 aliphatic rings. The third kappa shape index (κ3) is 2.91. The van der Waals surface area contributed by atoms with Crippen LogP contribution in [-0.2, 0) is 0 Å². The molecule has 2 rings (SSSR count). The van der Waals surface area contributed by atoms with Gasteiger partial charge in [0, 0.05) is 4.88 Å². The van der Waals surface area contributed by atoms with E-state index in [9.17, 15) is 4.39 Å². The Hall–Kier alpha value is -1.93. The van der Waals surface area contributed by atoms with Gasteiger partial charge in [-0.2, -0.15) is 5.26 Å². The minimum atomic E-state index is -0.412. The van der Waals surface area contributed by atoms with Crippen LogP contribution in [0, 0.1) is 31.0 Å². The average Bonchev–Trinajstić information content (AvgIpc) is 2.71. The first kappa shape index (κ1) is 13.5. The standard InChI is InChI=1S/C14H14FN3S/c1-8-14(19-10(3)17-8)9(2)18-13-5-4-11(7-16)6-12(13)15/h4-6,9,18H,1-3H3. The third-order valence-corrected chi connectivity index (χ3v) is 4.06. The van der Waals surface area contributed by atoms with Gasteiger partial charge in [0.15, 0.2) is 0 Å². The molecule has 5 heteroatoms. The number of thiazole rings is 1. The fourth-order valence-electron chi connectivity index (χ4n) is 1.95. The predicted molar refractivity (Wildman–Crippen MR) is 74.7 cm³/mol. The number of nitrogens with zero attached hydrogens (tertiary/aromatic N) is 2. The minimum absolute atomic E-state index is 0.0198. The van der Waals surface area contributed by atoms with Crippen molar-refractivity contribution in [1.29, 1.82) is 5.26 Å². The SMILES string of the molecule is Cc1nc(C)c(C(C)Nc2ccc(C#N)cc2F)s1. The molecule has 19 heavy (non-hydrogen) atoms. The van der Waals surface area contributed by atoms with Crippen molar-refractivity contribution >= 4 is 17.0 Å². The molecule has 0 amide bonds. The molecule has 0 bridgehead atoms. The van der Waals surface area contributed by atoms with Gasteiger partial charge in [-0.05, 0) is 39.0 Å². The van der Waals surface area contributed by atoms with Gasteiger partial charge >= 0.3 is 0 Å². The molecule has 1 aromatic carbocycles. The molecule has 1 aromatic heterocycles. The first-order valence-corrected chi connectivity index (χ1v) is 6.73. The van der Waals surface area contributed by atoms with Crippen molar-refractivity contribution in [3.8, 4) is 6.07 Å². The van der Waals surface area contributed by atoms with Crippen LogP contribution in [0.25, 0.3) is 0 Å². The quantitative estimate of drug-likeness (QED) is 0.922.